The summed E-state index contributed by atoms with van der Waals surface area (Å²) in [5, 5.41) is 4.37. The van der Waals surface area contributed by atoms with Gasteiger partial charge in [-0.2, -0.15) is 0 Å². The Morgan fingerprint density at radius 1 is 1.25 bits per heavy atom. The van der Waals surface area contributed by atoms with Gasteiger partial charge in [0.25, 0.3) is 0 Å². The minimum atomic E-state index is 0.502. The number of nitrogens with zero attached hydrogens (tertiary/aromatic N) is 1. The molecular weight excluding hydrogens is 268 g/mol. The number of hydrogen-bond acceptors (Lipinski definition) is 2. The molecule has 0 bridgehead atoms. The molecule has 1 aliphatic carbocycles. The van der Waals surface area contributed by atoms with Gasteiger partial charge in [0.2, 0.25) is 0 Å². The highest BCUT2D eigenvalue weighted by molar-refractivity contribution is 6.30. The lowest BCUT2D eigenvalue weighted by atomic mass is 9.97. The predicted octanol–water partition coefficient (Wildman–Crippen LogP) is 3.87. The molecule has 20 heavy (non-hydrogen) atoms. The molecule has 1 heterocycles. The summed E-state index contributed by atoms with van der Waals surface area (Å²) in [6.07, 6.45) is 5.46. The van der Waals surface area contributed by atoms with Crippen LogP contribution in [0.5, 0.6) is 0 Å². The maximum absolute atomic E-state index is 6.00. The zero-order valence-corrected chi connectivity index (χ0v) is 13.1. The summed E-state index contributed by atoms with van der Waals surface area (Å²) in [7, 11) is 0. The SMILES string of the molecule is CC(c1ccc(Cl)cc1)N(CC1CCCNC1)C1CC1. The molecule has 2 nitrogen and oxygen atoms in total. The first-order chi connectivity index (χ1) is 9.74. The molecule has 2 aliphatic rings. The molecule has 2 atom stereocenters. The molecule has 1 aromatic rings. The maximum atomic E-state index is 6.00. The highest BCUT2D eigenvalue weighted by atomic mass is 35.5. The first kappa shape index (κ1) is 14.4. The summed E-state index contributed by atoms with van der Waals surface area (Å²) < 4.78 is 0. The standard InChI is InChI=1S/C17H25ClN2/c1-13(15-4-6-16(18)7-5-15)20(17-8-9-17)12-14-3-2-10-19-11-14/h4-7,13-14,17,19H,2-3,8-12H2,1H3. The molecule has 1 saturated carbocycles. The van der Waals surface area contributed by atoms with Crippen LogP contribution in [0.2, 0.25) is 5.02 Å². The first-order valence-corrected chi connectivity index (χ1v) is 8.34. The quantitative estimate of drug-likeness (QED) is 0.886. The van der Waals surface area contributed by atoms with E-state index < -0.39 is 0 Å². The van der Waals surface area contributed by atoms with Gasteiger partial charge in [-0.1, -0.05) is 23.7 Å². The van der Waals surface area contributed by atoms with Crippen LogP contribution in [0.1, 0.15) is 44.2 Å². The molecule has 0 radical (unpaired) electrons. The number of benzene rings is 1. The van der Waals surface area contributed by atoms with E-state index in [1.807, 2.05) is 12.1 Å². The van der Waals surface area contributed by atoms with Crippen LogP contribution in [0.15, 0.2) is 24.3 Å². The zero-order chi connectivity index (χ0) is 13.9. The van der Waals surface area contributed by atoms with Crippen molar-refractivity contribution >= 4 is 11.6 Å². The molecule has 0 aromatic heterocycles. The Hall–Kier alpha value is -0.570. The van der Waals surface area contributed by atoms with Crippen LogP contribution in [-0.4, -0.2) is 30.6 Å². The van der Waals surface area contributed by atoms with Crippen LogP contribution in [0.4, 0.5) is 0 Å². The van der Waals surface area contributed by atoms with Crippen LogP contribution in [0, 0.1) is 5.92 Å². The second-order valence-electron chi connectivity index (χ2n) is 6.37. The van der Waals surface area contributed by atoms with Gasteiger partial charge in [-0.3, -0.25) is 4.90 Å². The normalized spacial score (nSPS) is 24.9. The third-order valence-corrected chi connectivity index (χ3v) is 4.99. The van der Waals surface area contributed by atoms with Gasteiger partial charge in [0.15, 0.2) is 0 Å². The molecule has 1 saturated heterocycles. The second-order valence-corrected chi connectivity index (χ2v) is 6.80. The van der Waals surface area contributed by atoms with Crippen molar-refractivity contribution in [3.63, 3.8) is 0 Å². The Bertz CT molecular complexity index is 421. The summed E-state index contributed by atoms with van der Waals surface area (Å²) in [6, 6.07) is 9.70. The number of halogens is 1. The van der Waals surface area contributed by atoms with Gasteiger partial charge in [0.1, 0.15) is 0 Å². The molecule has 2 fully saturated rings. The number of piperidine rings is 1. The Morgan fingerprint density at radius 2 is 2.00 bits per heavy atom. The van der Waals surface area contributed by atoms with Crippen molar-refractivity contribution in [1.82, 2.24) is 10.2 Å². The first-order valence-electron chi connectivity index (χ1n) is 7.96. The van der Waals surface area contributed by atoms with Crippen LogP contribution < -0.4 is 5.32 Å². The van der Waals surface area contributed by atoms with Crippen molar-refractivity contribution < 1.29 is 0 Å². The van der Waals surface area contributed by atoms with Gasteiger partial charge < -0.3 is 5.32 Å². The molecule has 0 spiro atoms. The summed E-state index contributed by atoms with van der Waals surface area (Å²) in [5.41, 5.74) is 1.39. The van der Waals surface area contributed by atoms with E-state index >= 15 is 0 Å². The monoisotopic (exact) mass is 292 g/mol. The van der Waals surface area contributed by atoms with Gasteiger partial charge in [-0.05, 0) is 69.3 Å². The van der Waals surface area contributed by atoms with Crippen molar-refractivity contribution in [1.29, 1.82) is 0 Å². The van der Waals surface area contributed by atoms with Crippen molar-refractivity contribution in [2.45, 2.75) is 44.7 Å². The molecule has 1 aromatic carbocycles. The van der Waals surface area contributed by atoms with E-state index in [1.54, 1.807) is 0 Å². The van der Waals surface area contributed by atoms with Gasteiger partial charge >= 0.3 is 0 Å². The van der Waals surface area contributed by atoms with E-state index in [9.17, 15) is 0 Å². The van der Waals surface area contributed by atoms with E-state index in [2.05, 4.69) is 29.3 Å². The summed E-state index contributed by atoms with van der Waals surface area (Å²) >= 11 is 6.00. The molecule has 1 N–H and O–H groups in total. The van der Waals surface area contributed by atoms with E-state index in [4.69, 9.17) is 11.6 Å². The lowest BCUT2D eigenvalue weighted by Crippen LogP contribution is -2.40. The fourth-order valence-electron chi connectivity index (χ4n) is 3.34. The van der Waals surface area contributed by atoms with Gasteiger partial charge in [0.05, 0.1) is 0 Å². The number of nitrogens with one attached hydrogen (secondary N) is 1. The molecule has 1 aliphatic heterocycles. The maximum Gasteiger partial charge on any atom is 0.0406 e. The number of rotatable bonds is 5. The Kier molecular flexibility index (Phi) is 4.65. The van der Waals surface area contributed by atoms with Crippen molar-refractivity contribution in [2.24, 2.45) is 5.92 Å². The molecule has 110 valence electrons. The van der Waals surface area contributed by atoms with Crippen LogP contribution >= 0.6 is 11.6 Å². The lowest BCUT2D eigenvalue weighted by Gasteiger charge is -2.34. The Balaban J connectivity index is 1.67. The van der Waals surface area contributed by atoms with Gasteiger partial charge in [-0.15, -0.1) is 0 Å². The van der Waals surface area contributed by atoms with E-state index in [0.717, 1.165) is 17.0 Å². The molecule has 3 rings (SSSR count). The molecule has 2 unspecified atom stereocenters. The Labute approximate surface area is 127 Å². The average molecular weight is 293 g/mol. The van der Waals surface area contributed by atoms with Gasteiger partial charge in [0, 0.05) is 23.7 Å². The predicted molar refractivity (Wildman–Crippen MR) is 85.2 cm³/mol. The van der Waals surface area contributed by atoms with E-state index in [-0.39, 0.29) is 0 Å². The number of hydrogen-bond donors (Lipinski definition) is 1. The molecular formula is C17H25ClN2. The lowest BCUT2D eigenvalue weighted by molar-refractivity contribution is 0.154. The molecule has 3 heteroatoms. The van der Waals surface area contributed by atoms with E-state index in [0.29, 0.717) is 6.04 Å². The fraction of sp³-hybridized carbons (Fsp3) is 0.647. The highest BCUT2D eigenvalue weighted by Gasteiger charge is 2.34. The van der Waals surface area contributed by atoms with Crippen LogP contribution in [0.3, 0.4) is 0 Å². The van der Waals surface area contributed by atoms with Crippen molar-refractivity contribution in [2.75, 3.05) is 19.6 Å². The van der Waals surface area contributed by atoms with Crippen molar-refractivity contribution in [3.05, 3.63) is 34.9 Å². The van der Waals surface area contributed by atoms with Gasteiger partial charge in [-0.25, -0.2) is 0 Å². The minimum absolute atomic E-state index is 0.502. The third kappa shape index (κ3) is 3.55. The van der Waals surface area contributed by atoms with Crippen LogP contribution in [0.25, 0.3) is 0 Å². The smallest absolute Gasteiger partial charge is 0.0406 e. The van der Waals surface area contributed by atoms with Crippen LogP contribution in [-0.2, 0) is 0 Å². The average Bonchev–Trinajstić information content (AvgIpc) is 3.30. The largest absolute Gasteiger partial charge is 0.316 e. The Morgan fingerprint density at radius 3 is 2.60 bits per heavy atom. The summed E-state index contributed by atoms with van der Waals surface area (Å²) in [5.74, 6) is 0.819. The summed E-state index contributed by atoms with van der Waals surface area (Å²) in [6.45, 7) is 5.97. The minimum Gasteiger partial charge on any atom is -0.316 e. The zero-order valence-electron chi connectivity index (χ0n) is 12.3. The van der Waals surface area contributed by atoms with E-state index in [1.165, 1.54) is 50.9 Å². The molecule has 0 amide bonds. The second kappa shape index (κ2) is 6.46. The summed E-state index contributed by atoms with van der Waals surface area (Å²) in [4.78, 5) is 2.72. The topological polar surface area (TPSA) is 15.3 Å². The third-order valence-electron chi connectivity index (χ3n) is 4.73. The highest BCUT2D eigenvalue weighted by Crippen LogP contribution is 2.35. The fourth-order valence-corrected chi connectivity index (χ4v) is 3.47. The van der Waals surface area contributed by atoms with Crippen molar-refractivity contribution in [3.8, 4) is 0 Å².